The molecule has 0 saturated heterocycles. The number of carbonyl (C=O) groups is 1. The van der Waals surface area contributed by atoms with Crippen molar-refractivity contribution in [2.24, 2.45) is 0 Å². The molecule has 5 heteroatoms. The summed E-state index contributed by atoms with van der Waals surface area (Å²) >= 11 is 0. The maximum absolute atomic E-state index is 12.6. The number of para-hydroxylation sites is 3. The Hall–Kier alpha value is -3.31. The highest BCUT2D eigenvalue weighted by Crippen LogP contribution is 2.31. The van der Waals surface area contributed by atoms with Gasteiger partial charge in [-0.05, 0) is 30.8 Å². The van der Waals surface area contributed by atoms with Crippen molar-refractivity contribution in [1.29, 1.82) is 0 Å². The van der Waals surface area contributed by atoms with Crippen molar-refractivity contribution < 1.29 is 14.3 Å². The minimum absolute atomic E-state index is 0.0620. The number of benzene rings is 3. The zero-order valence-electron chi connectivity index (χ0n) is 16.4. The van der Waals surface area contributed by atoms with Gasteiger partial charge in [0, 0.05) is 17.8 Å². The first-order valence-corrected chi connectivity index (χ1v) is 9.70. The van der Waals surface area contributed by atoms with E-state index in [0.717, 1.165) is 28.3 Å². The molecule has 0 aromatic heterocycles. The van der Waals surface area contributed by atoms with Crippen LogP contribution >= 0.6 is 0 Å². The minimum Gasteiger partial charge on any atom is -0.486 e. The van der Waals surface area contributed by atoms with E-state index >= 15 is 0 Å². The molecule has 29 heavy (non-hydrogen) atoms. The summed E-state index contributed by atoms with van der Waals surface area (Å²) in [7, 11) is 1.91. The molecule has 0 radical (unpaired) electrons. The summed E-state index contributed by atoms with van der Waals surface area (Å²) in [5.74, 6) is 1.45. The van der Waals surface area contributed by atoms with Gasteiger partial charge in [-0.2, -0.15) is 0 Å². The van der Waals surface area contributed by atoms with Gasteiger partial charge in [0.05, 0.1) is 6.54 Å². The van der Waals surface area contributed by atoms with Gasteiger partial charge >= 0.3 is 0 Å². The van der Waals surface area contributed by atoms with Crippen LogP contribution in [0.15, 0.2) is 78.9 Å². The van der Waals surface area contributed by atoms with Crippen LogP contribution in [0.2, 0.25) is 0 Å². The van der Waals surface area contributed by atoms with Crippen molar-refractivity contribution in [2.75, 3.05) is 32.1 Å². The number of hydrogen-bond acceptors (Lipinski definition) is 4. The SMILES string of the molecule is CN(CC(=O)Nc1ccccc1-c1ccccc1)C[C@H]1COc2ccccc2O1. The van der Waals surface area contributed by atoms with Gasteiger partial charge in [-0.1, -0.05) is 60.7 Å². The topological polar surface area (TPSA) is 50.8 Å². The van der Waals surface area contributed by atoms with Gasteiger partial charge in [0.15, 0.2) is 11.5 Å². The predicted octanol–water partition coefficient (Wildman–Crippen LogP) is 4.06. The number of nitrogens with zero attached hydrogens (tertiary/aromatic N) is 1. The average Bonchev–Trinajstić information content (AvgIpc) is 2.74. The van der Waals surface area contributed by atoms with Crippen molar-refractivity contribution >= 4 is 11.6 Å². The Morgan fingerprint density at radius 3 is 2.48 bits per heavy atom. The molecule has 1 amide bonds. The molecule has 0 bridgehead atoms. The number of rotatable bonds is 6. The van der Waals surface area contributed by atoms with Gasteiger partial charge in [-0.3, -0.25) is 9.69 Å². The number of ether oxygens (including phenoxy) is 2. The number of carbonyl (C=O) groups excluding carboxylic acids is 1. The molecule has 1 atom stereocenters. The summed E-state index contributed by atoms with van der Waals surface area (Å²) in [6.45, 7) is 1.34. The van der Waals surface area contributed by atoms with E-state index < -0.39 is 0 Å². The second-order valence-electron chi connectivity index (χ2n) is 7.15. The number of nitrogens with one attached hydrogen (secondary N) is 1. The van der Waals surface area contributed by atoms with E-state index in [9.17, 15) is 4.79 Å². The Morgan fingerprint density at radius 1 is 0.966 bits per heavy atom. The molecule has 5 nitrogen and oxygen atoms in total. The molecule has 0 spiro atoms. The van der Waals surface area contributed by atoms with Crippen molar-refractivity contribution in [3.63, 3.8) is 0 Å². The normalized spacial score (nSPS) is 15.2. The zero-order chi connectivity index (χ0) is 20.1. The van der Waals surface area contributed by atoms with E-state index in [1.54, 1.807) is 0 Å². The van der Waals surface area contributed by atoms with E-state index in [-0.39, 0.29) is 18.6 Å². The largest absolute Gasteiger partial charge is 0.486 e. The van der Waals surface area contributed by atoms with Gasteiger partial charge in [0.1, 0.15) is 12.7 Å². The molecule has 3 aromatic rings. The molecule has 148 valence electrons. The molecule has 0 aliphatic carbocycles. The van der Waals surface area contributed by atoms with Gasteiger partial charge < -0.3 is 14.8 Å². The van der Waals surface area contributed by atoms with Crippen molar-refractivity contribution in [1.82, 2.24) is 4.90 Å². The van der Waals surface area contributed by atoms with Crippen molar-refractivity contribution in [2.45, 2.75) is 6.10 Å². The number of amides is 1. The fourth-order valence-electron chi connectivity index (χ4n) is 3.46. The van der Waals surface area contributed by atoms with Crippen LogP contribution in [0.4, 0.5) is 5.69 Å². The van der Waals surface area contributed by atoms with E-state index in [4.69, 9.17) is 9.47 Å². The first-order valence-electron chi connectivity index (χ1n) is 9.70. The third-order valence-electron chi connectivity index (χ3n) is 4.78. The highest BCUT2D eigenvalue weighted by atomic mass is 16.6. The van der Waals surface area contributed by atoms with Gasteiger partial charge in [-0.15, -0.1) is 0 Å². The molecular formula is C24H24N2O3. The van der Waals surface area contributed by atoms with E-state index in [1.165, 1.54) is 0 Å². The Bertz CT molecular complexity index is 975. The Morgan fingerprint density at radius 2 is 1.66 bits per heavy atom. The summed E-state index contributed by atoms with van der Waals surface area (Å²) in [6.07, 6.45) is -0.112. The average molecular weight is 388 g/mol. The lowest BCUT2D eigenvalue weighted by molar-refractivity contribution is -0.117. The van der Waals surface area contributed by atoms with Gasteiger partial charge in [-0.25, -0.2) is 0 Å². The zero-order valence-corrected chi connectivity index (χ0v) is 16.4. The van der Waals surface area contributed by atoms with Crippen LogP contribution < -0.4 is 14.8 Å². The van der Waals surface area contributed by atoms with E-state index in [2.05, 4.69) is 5.32 Å². The van der Waals surface area contributed by atoms with E-state index in [0.29, 0.717) is 13.2 Å². The third-order valence-corrected chi connectivity index (χ3v) is 4.78. The smallest absolute Gasteiger partial charge is 0.238 e. The summed E-state index contributed by atoms with van der Waals surface area (Å²) in [4.78, 5) is 14.6. The Balaban J connectivity index is 1.35. The summed E-state index contributed by atoms with van der Waals surface area (Å²) in [5.41, 5.74) is 2.89. The van der Waals surface area contributed by atoms with Crippen LogP contribution in [0.3, 0.4) is 0 Å². The number of fused-ring (bicyclic) bond motifs is 1. The van der Waals surface area contributed by atoms with Crippen LogP contribution in [0, 0.1) is 0 Å². The summed E-state index contributed by atoms with van der Waals surface area (Å²) in [6, 6.07) is 25.5. The van der Waals surface area contributed by atoms with Gasteiger partial charge in [0.25, 0.3) is 0 Å². The quantitative estimate of drug-likeness (QED) is 0.692. The fraction of sp³-hybridized carbons (Fsp3) is 0.208. The summed E-state index contributed by atoms with van der Waals surface area (Å²) < 4.78 is 11.7. The maximum atomic E-state index is 12.6. The fourth-order valence-corrected chi connectivity index (χ4v) is 3.46. The lowest BCUT2D eigenvalue weighted by Crippen LogP contribution is -2.42. The summed E-state index contributed by atoms with van der Waals surface area (Å²) in [5, 5.41) is 3.04. The third kappa shape index (κ3) is 4.76. The van der Waals surface area contributed by atoms with Crippen LogP contribution in [-0.2, 0) is 4.79 Å². The Kier molecular flexibility index (Phi) is 5.77. The highest BCUT2D eigenvalue weighted by Gasteiger charge is 2.22. The number of anilines is 1. The standard InChI is InChI=1S/C24H24N2O3/c1-26(15-19-17-28-22-13-7-8-14-23(22)29-19)16-24(27)25-21-12-6-5-11-20(21)18-9-3-2-4-10-18/h2-14,19H,15-17H2,1H3,(H,25,27)/t19-/m0/s1. The molecule has 3 aromatic carbocycles. The second kappa shape index (κ2) is 8.80. The van der Waals surface area contributed by atoms with E-state index in [1.807, 2.05) is 90.8 Å². The Labute approximate surface area is 170 Å². The lowest BCUT2D eigenvalue weighted by atomic mass is 10.0. The van der Waals surface area contributed by atoms with Crippen LogP contribution in [0.25, 0.3) is 11.1 Å². The van der Waals surface area contributed by atoms with Gasteiger partial charge in [0.2, 0.25) is 5.91 Å². The predicted molar refractivity (Wildman–Crippen MR) is 114 cm³/mol. The molecule has 0 unspecified atom stereocenters. The number of hydrogen-bond donors (Lipinski definition) is 1. The van der Waals surface area contributed by atoms with Crippen LogP contribution in [0.1, 0.15) is 0 Å². The van der Waals surface area contributed by atoms with Crippen LogP contribution in [-0.4, -0.2) is 43.7 Å². The van der Waals surface area contributed by atoms with Crippen molar-refractivity contribution in [3.05, 3.63) is 78.9 Å². The molecule has 1 heterocycles. The molecule has 0 fully saturated rings. The number of likely N-dealkylation sites (N-methyl/N-ethyl adjacent to an activating group) is 1. The molecule has 1 N–H and O–H groups in total. The molecule has 1 aliphatic rings. The molecule has 1 aliphatic heterocycles. The molecule has 0 saturated carbocycles. The maximum Gasteiger partial charge on any atom is 0.238 e. The van der Waals surface area contributed by atoms with Crippen LogP contribution in [0.5, 0.6) is 11.5 Å². The highest BCUT2D eigenvalue weighted by molar-refractivity contribution is 5.96. The molecular weight excluding hydrogens is 364 g/mol. The first-order chi connectivity index (χ1) is 14.2. The molecule has 4 rings (SSSR count). The lowest BCUT2D eigenvalue weighted by Gasteiger charge is -2.29. The first kappa shape index (κ1) is 19.0. The minimum atomic E-state index is -0.112. The second-order valence-corrected chi connectivity index (χ2v) is 7.15. The van der Waals surface area contributed by atoms with Crippen molar-refractivity contribution in [3.8, 4) is 22.6 Å². The monoisotopic (exact) mass is 388 g/mol.